The van der Waals surface area contributed by atoms with Gasteiger partial charge in [0.05, 0.1) is 13.7 Å². The Bertz CT molecular complexity index is 1160. The van der Waals surface area contributed by atoms with Gasteiger partial charge in [0, 0.05) is 22.8 Å². The summed E-state index contributed by atoms with van der Waals surface area (Å²) in [7, 11) is 1.62. The number of carboxylic acids is 1. The van der Waals surface area contributed by atoms with Crippen LogP contribution in [-0.4, -0.2) is 34.5 Å². The third-order valence-corrected chi connectivity index (χ3v) is 7.01. The number of halogens is 1. The van der Waals surface area contributed by atoms with E-state index in [1.54, 1.807) is 23.8 Å². The number of methoxy groups -OCH3 is 1. The van der Waals surface area contributed by atoms with E-state index < -0.39 is 5.97 Å². The summed E-state index contributed by atoms with van der Waals surface area (Å²) < 4.78 is 17.8. The second-order valence-corrected chi connectivity index (χ2v) is 9.13. The third-order valence-electron chi connectivity index (χ3n) is 5.63. The van der Waals surface area contributed by atoms with Gasteiger partial charge in [0.25, 0.3) is 0 Å². The molecule has 4 rings (SSSR count). The first-order valence-corrected chi connectivity index (χ1v) is 11.9. The van der Waals surface area contributed by atoms with Crippen LogP contribution in [0.5, 0.6) is 17.2 Å². The zero-order valence-electron chi connectivity index (χ0n) is 18.6. The molecule has 7 nitrogen and oxygen atoms in total. The number of aromatic nitrogens is 2. The molecule has 9 heteroatoms. The van der Waals surface area contributed by atoms with Crippen molar-refractivity contribution in [3.63, 3.8) is 0 Å². The highest BCUT2D eigenvalue weighted by Gasteiger charge is 2.27. The summed E-state index contributed by atoms with van der Waals surface area (Å²) in [6, 6.07) is 11.2. The first-order chi connectivity index (χ1) is 15.9. The summed E-state index contributed by atoms with van der Waals surface area (Å²) in [6.07, 6.45) is 0.827. The van der Waals surface area contributed by atoms with Crippen LogP contribution in [0.2, 0.25) is 5.02 Å². The summed E-state index contributed by atoms with van der Waals surface area (Å²) in [6.45, 7) is 4.52. The van der Waals surface area contributed by atoms with E-state index in [4.69, 9.17) is 30.8 Å². The Balaban J connectivity index is 1.69. The van der Waals surface area contributed by atoms with Gasteiger partial charge in [-0.1, -0.05) is 49.3 Å². The number of carbonyl (C=O) groups is 1. The van der Waals surface area contributed by atoms with Gasteiger partial charge in [-0.05, 0) is 35.7 Å². The summed E-state index contributed by atoms with van der Waals surface area (Å²) in [5.74, 6) is 2.33. The third kappa shape index (κ3) is 4.91. The molecule has 1 aliphatic rings. The zero-order valence-corrected chi connectivity index (χ0v) is 20.2. The van der Waals surface area contributed by atoms with Gasteiger partial charge in [-0.25, -0.2) is 9.78 Å². The summed E-state index contributed by atoms with van der Waals surface area (Å²) >= 11 is 7.90. The highest BCUT2D eigenvalue weighted by Crippen LogP contribution is 2.38. The lowest BCUT2D eigenvalue weighted by atomic mass is 10.1. The van der Waals surface area contributed by atoms with Crippen molar-refractivity contribution >= 4 is 29.3 Å². The number of hydrogen-bond acceptors (Lipinski definition) is 6. The average Bonchev–Trinajstić information content (AvgIpc) is 3.41. The van der Waals surface area contributed by atoms with Crippen molar-refractivity contribution < 1.29 is 24.1 Å². The van der Waals surface area contributed by atoms with Gasteiger partial charge in [-0.2, -0.15) is 0 Å². The van der Waals surface area contributed by atoms with Crippen LogP contribution in [0.3, 0.4) is 0 Å². The maximum absolute atomic E-state index is 12.4. The first kappa shape index (κ1) is 23.3. The fourth-order valence-corrected chi connectivity index (χ4v) is 4.80. The number of imidazole rings is 1. The van der Waals surface area contributed by atoms with Crippen LogP contribution in [0.25, 0.3) is 0 Å². The number of nitrogens with zero attached hydrogens (tertiary/aromatic N) is 2. The SMILES string of the molecule is CCC(C)c1nc(SCc2ccc(OC)cc2)c(C(=O)O)n1Cc1cc2c(cc1Cl)OCO2. The number of carboxylic acid groups (broad SMARTS) is 1. The topological polar surface area (TPSA) is 82.8 Å². The van der Waals surface area contributed by atoms with Gasteiger partial charge in [0.15, 0.2) is 17.2 Å². The van der Waals surface area contributed by atoms with E-state index in [-0.39, 0.29) is 24.9 Å². The Kier molecular flexibility index (Phi) is 7.05. The molecule has 3 aromatic rings. The highest BCUT2D eigenvalue weighted by molar-refractivity contribution is 7.98. The van der Waals surface area contributed by atoms with Crippen LogP contribution in [-0.2, 0) is 12.3 Å². The molecule has 0 saturated carbocycles. The molecule has 0 bridgehead atoms. The molecule has 0 aliphatic carbocycles. The average molecular weight is 489 g/mol. The quantitative estimate of drug-likeness (QED) is 0.379. The largest absolute Gasteiger partial charge is 0.497 e. The van der Waals surface area contributed by atoms with E-state index in [0.717, 1.165) is 29.1 Å². The van der Waals surface area contributed by atoms with Gasteiger partial charge in [0.2, 0.25) is 6.79 Å². The Labute approximate surface area is 201 Å². The first-order valence-electron chi connectivity index (χ1n) is 10.6. The molecule has 174 valence electrons. The van der Waals surface area contributed by atoms with Gasteiger partial charge < -0.3 is 23.9 Å². The fraction of sp³-hybridized carbons (Fsp3) is 0.333. The van der Waals surface area contributed by atoms with E-state index in [1.807, 2.05) is 31.2 Å². The predicted octanol–water partition coefficient (Wildman–Crippen LogP) is 5.83. The maximum atomic E-state index is 12.4. The molecule has 0 radical (unpaired) electrons. The molecule has 1 N–H and O–H groups in total. The lowest BCUT2D eigenvalue weighted by Gasteiger charge is -2.15. The normalized spacial score (nSPS) is 13.2. The van der Waals surface area contributed by atoms with Crippen LogP contribution in [0.1, 0.15) is 53.6 Å². The number of rotatable bonds is 9. The number of benzene rings is 2. The molecule has 0 amide bonds. The second kappa shape index (κ2) is 9.97. The Morgan fingerprint density at radius 2 is 1.97 bits per heavy atom. The Hall–Kier alpha value is -2.84. The minimum atomic E-state index is -1.02. The van der Waals surface area contributed by atoms with Crippen LogP contribution < -0.4 is 14.2 Å². The van der Waals surface area contributed by atoms with Gasteiger partial charge in [0.1, 0.15) is 16.6 Å². The molecule has 2 aromatic carbocycles. The number of aromatic carboxylic acids is 1. The van der Waals surface area contributed by atoms with Crippen molar-refractivity contribution in [1.29, 1.82) is 0 Å². The van der Waals surface area contributed by atoms with Crippen LogP contribution in [0, 0.1) is 0 Å². The molecule has 1 aliphatic heterocycles. The van der Waals surface area contributed by atoms with Gasteiger partial charge in [-0.15, -0.1) is 0 Å². The highest BCUT2D eigenvalue weighted by atomic mass is 35.5. The molecule has 0 fully saturated rings. The monoisotopic (exact) mass is 488 g/mol. The molecule has 33 heavy (non-hydrogen) atoms. The van der Waals surface area contributed by atoms with E-state index in [2.05, 4.69) is 6.92 Å². The van der Waals surface area contributed by atoms with Crippen molar-refractivity contribution in [3.8, 4) is 17.2 Å². The van der Waals surface area contributed by atoms with Crippen LogP contribution in [0.4, 0.5) is 0 Å². The molecular weight excluding hydrogens is 464 g/mol. The predicted molar refractivity (Wildman–Crippen MR) is 127 cm³/mol. The Morgan fingerprint density at radius 1 is 1.27 bits per heavy atom. The van der Waals surface area contributed by atoms with Gasteiger partial charge >= 0.3 is 5.97 Å². The molecule has 2 heterocycles. The zero-order chi connectivity index (χ0) is 23.5. The van der Waals surface area contributed by atoms with E-state index in [9.17, 15) is 9.90 Å². The minimum Gasteiger partial charge on any atom is -0.497 e. The van der Waals surface area contributed by atoms with E-state index in [0.29, 0.717) is 27.3 Å². The number of ether oxygens (including phenoxy) is 3. The number of fused-ring (bicyclic) bond motifs is 1. The molecule has 1 unspecified atom stereocenters. The van der Waals surface area contributed by atoms with Crippen molar-refractivity contribution in [1.82, 2.24) is 9.55 Å². The van der Waals surface area contributed by atoms with Crippen LogP contribution >= 0.6 is 23.4 Å². The van der Waals surface area contributed by atoms with Gasteiger partial charge in [-0.3, -0.25) is 0 Å². The number of hydrogen-bond donors (Lipinski definition) is 1. The Morgan fingerprint density at radius 3 is 2.61 bits per heavy atom. The second-order valence-electron chi connectivity index (χ2n) is 7.76. The maximum Gasteiger partial charge on any atom is 0.355 e. The standard InChI is InChI=1S/C24H25ClN2O5S/c1-4-14(2)22-26-23(33-12-15-5-7-17(30-3)8-6-15)21(24(28)29)27(22)11-16-9-19-20(10-18(16)25)32-13-31-19/h5-10,14H,4,11-13H2,1-3H3,(H,28,29). The smallest absolute Gasteiger partial charge is 0.355 e. The lowest BCUT2D eigenvalue weighted by Crippen LogP contribution is -2.14. The van der Waals surface area contributed by atoms with Crippen molar-refractivity contribution in [2.24, 2.45) is 0 Å². The van der Waals surface area contributed by atoms with Crippen molar-refractivity contribution in [2.75, 3.05) is 13.9 Å². The van der Waals surface area contributed by atoms with E-state index in [1.165, 1.54) is 11.8 Å². The molecule has 0 saturated heterocycles. The van der Waals surface area contributed by atoms with Crippen molar-refractivity contribution in [3.05, 3.63) is 64.1 Å². The number of thioether (sulfide) groups is 1. The molecule has 1 atom stereocenters. The van der Waals surface area contributed by atoms with E-state index >= 15 is 0 Å². The molecule has 0 spiro atoms. The summed E-state index contributed by atoms with van der Waals surface area (Å²) in [5, 5.41) is 11.1. The fourth-order valence-electron chi connectivity index (χ4n) is 3.60. The van der Waals surface area contributed by atoms with Crippen molar-refractivity contribution in [2.45, 2.75) is 43.5 Å². The summed E-state index contributed by atoms with van der Waals surface area (Å²) in [5.41, 5.74) is 1.96. The van der Waals surface area contributed by atoms with Crippen LogP contribution in [0.15, 0.2) is 41.4 Å². The summed E-state index contributed by atoms with van der Waals surface area (Å²) in [4.78, 5) is 17.1. The minimum absolute atomic E-state index is 0.0752. The lowest BCUT2D eigenvalue weighted by molar-refractivity contribution is 0.0681. The molecule has 1 aromatic heterocycles. The molecular formula is C24H25ClN2O5S.